The first-order valence-electron chi connectivity index (χ1n) is 22.8. The number of ether oxygens (including phenoxy) is 6. The zero-order valence-corrected chi connectivity index (χ0v) is 38.7. The van der Waals surface area contributed by atoms with Crippen molar-refractivity contribution in [2.45, 2.75) is 168 Å². The van der Waals surface area contributed by atoms with Crippen molar-refractivity contribution in [2.75, 3.05) is 34.0 Å². The maximum Gasteiger partial charge on any atom is 0.332 e. The Labute approximate surface area is 369 Å². The largest absolute Gasteiger partial charge is 0.464 e. The molecule has 62 heavy (non-hydrogen) atoms. The average Bonchev–Trinajstić information content (AvgIpc) is 3.23. The van der Waals surface area contributed by atoms with Crippen LogP contribution in [0.15, 0.2) is 36.0 Å². The summed E-state index contributed by atoms with van der Waals surface area (Å²) in [5.41, 5.74) is 1.64. The Balaban J connectivity index is 1.72. The lowest BCUT2D eigenvalue weighted by Gasteiger charge is -2.47. The number of carbonyl (C=O) groups is 5. The minimum Gasteiger partial charge on any atom is -0.464 e. The number of hydrogen-bond acceptors (Lipinski definition) is 13. The second kappa shape index (κ2) is 23.6. The molecule has 14 heteroatoms. The second-order valence-electron chi connectivity index (χ2n) is 18.6. The van der Waals surface area contributed by atoms with E-state index in [0.29, 0.717) is 44.1 Å². The highest BCUT2D eigenvalue weighted by Gasteiger charge is 2.56. The normalized spacial score (nSPS) is 38.5. The van der Waals surface area contributed by atoms with Gasteiger partial charge >= 0.3 is 11.9 Å². The molecule has 3 heterocycles. The molecule has 0 aromatic rings. The molecule has 4 aliphatic rings. The monoisotopic (exact) mass is 874 g/mol. The molecule has 1 unspecified atom stereocenters. The molecule has 2 bridgehead atoms. The summed E-state index contributed by atoms with van der Waals surface area (Å²) < 4.78 is 35.3. The van der Waals surface area contributed by atoms with Crippen molar-refractivity contribution in [1.29, 1.82) is 0 Å². The summed E-state index contributed by atoms with van der Waals surface area (Å²) in [5.74, 6) is -8.00. The van der Waals surface area contributed by atoms with Crippen molar-refractivity contribution < 1.29 is 62.6 Å². The van der Waals surface area contributed by atoms with Crippen molar-refractivity contribution in [3.63, 3.8) is 0 Å². The smallest absolute Gasteiger partial charge is 0.332 e. The van der Waals surface area contributed by atoms with E-state index in [0.717, 1.165) is 18.4 Å². The third-order valence-corrected chi connectivity index (χ3v) is 13.6. The van der Waals surface area contributed by atoms with Gasteiger partial charge in [-0.3, -0.25) is 14.4 Å². The molecule has 1 amide bonds. The summed E-state index contributed by atoms with van der Waals surface area (Å²) in [6, 6.07) is -1.15. The molecule has 14 nitrogen and oxygen atoms in total. The van der Waals surface area contributed by atoms with Gasteiger partial charge in [0.15, 0.2) is 0 Å². The number of amides is 1. The molecule has 0 radical (unpaired) electrons. The molecule has 2 saturated heterocycles. The number of fused-ring (bicyclic) bond motifs is 3. The van der Waals surface area contributed by atoms with E-state index in [4.69, 9.17) is 28.4 Å². The number of hydrogen-bond donors (Lipinski definition) is 2. The number of carbonyl (C=O) groups excluding carboxylic acids is 5. The van der Waals surface area contributed by atoms with Crippen LogP contribution in [0.4, 0.5) is 0 Å². The Kier molecular flexibility index (Phi) is 19.6. The molecule has 3 fully saturated rings. The zero-order chi connectivity index (χ0) is 45.9. The first kappa shape index (κ1) is 51.4. The number of aliphatic hydroxyl groups excluding tert-OH is 1. The SMILES string of the molecule is C=CC[C@@H]1/C=C(\C)C[C@H](C)C[C@H](OC)[C@H]2O[C@@](O)(C(=O)C(=O)N3CCCC[C@H]3C(=O)O[C@@H](/C(C)=C/[C@@H]3CC[C@@H](OCC(=O)OCC)C(C)C3)[C@H](C)[C@@H](O)CC1=O)[C@H](C)C[C@@H]2OC. The first-order valence-corrected chi connectivity index (χ1v) is 22.8. The van der Waals surface area contributed by atoms with Crippen LogP contribution in [0.25, 0.3) is 0 Å². The molecule has 4 rings (SSSR count). The molecule has 350 valence electrons. The number of esters is 2. The summed E-state index contributed by atoms with van der Waals surface area (Å²) in [7, 11) is 3.05. The van der Waals surface area contributed by atoms with Gasteiger partial charge < -0.3 is 43.5 Å². The lowest BCUT2D eigenvalue weighted by Crippen LogP contribution is -2.64. The summed E-state index contributed by atoms with van der Waals surface area (Å²) in [4.78, 5) is 70.2. The van der Waals surface area contributed by atoms with Crippen molar-refractivity contribution >= 4 is 29.4 Å². The van der Waals surface area contributed by atoms with E-state index in [1.54, 1.807) is 26.8 Å². The van der Waals surface area contributed by atoms with Crippen LogP contribution in [0.5, 0.6) is 0 Å². The molecule has 0 aromatic carbocycles. The molecular formula is C48H75NO13. The highest BCUT2D eigenvalue weighted by molar-refractivity contribution is 6.39. The number of ketones is 2. The molecule has 14 atom stereocenters. The fourth-order valence-corrected chi connectivity index (χ4v) is 10.1. The van der Waals surface area contributed by atoms with E-state index in [9.17, 15) is 34.2 Å². The van der Waals surface area contributed by atoms with E-state index in [1.807, 2.05) is 26.8 Å². The van der Waals surface area contributed by atoms with Gasteiger partial charge in [-0.15, -0.1) is 6.58 Å². The number of aliphatic hydroxyl groups is 2. The molecule has 1 aliphatic carbocycles. The summed E-state index contributed by atoms with van der Waals surface area (Å²) in [5, 5.41) is 23.9. The van der Waals surface area contributed by atoms with Gasteiger partial charge in [0.05, 0.1) is 31.0 Å². The number of nitrogens with zero attached hydrogens (tertiary/aromatic N) is 1. The van der Waals surface area contributed by atoms with Gasteiger partial charge in [0, 0.05) is 44.9 Å². The number of piperidine rings is 1. The number of rotatable bonds is 10. The highest BCUT2D eigenvalue weighted by atomic mass is 16.7. The summed E-state index contributed by atoms with van der Waals surface area (Å²) in [6.07, 6.45) is 6.21. The predicted molar refractivity (Wildman–Crippen MR) is 231 cm³/mol. The average molecular weight is 874 g/mol. The van der Waals surface area contributed by atoms with Crippen molar-refractivity contribution in [3.05, 3.63) is 36.0 Å². The van der Waals surface area contributed by atoms with Crippen molar-refractivity contribution in [3.8, 4) is 0 Å². The quantitative estimate of drug-likeness (QED) is 0.152. The van der Waals surface area contributed by atoms with E-state index in [2.05, 4.69) is 19.6 Å². The minimum atomic E-state index is -2.52. The standard InChI is InChI=1S/C48H75NO13/c1-11-15-35-21-28(3)20-29(4)22-40(57-9)44-41(58-10)25-32(7)48(56,62-44)45(53)46(54)49-19-14-13-16-36(49)47(55)61-43(33(8)37(50)26-38(35)51)31(6)24-34-17-18-39(30(5)23-34)60-27-42(52)59-12-2/h11,21,24,29-30,32-37,39-41,43-44,50,56H,1,12-20,22-23,25-27H2,2-10H3/b28-21+,31-24+/t29-,30?,32+,33+,34+,35+,36-,37-,39+,40-,41-,43-,44+,48+/m0/s1. The van der Waals surface area contributed by atoms with Crippen LogP contribution >= 0.6 is 0 Å². The fraction of sp³-hybridized carbons (Fsp3) is 0.771. The Morgan fingerprint density at radius 1 is 0.984 bits per heavy atom. The predicted octanol–water partition coefficient (Wildman–Crippen LogP) is 5.85. The molecule has 0 aromatic heterocycles. The zero-order valence-electron chi connectivity index (χ0n) is 38.7. The van der Waals surface area contributed by atoms with Crippen LogP contribution in [0, 0.1) is 35.5 Å². The first-order chi connectivity index (χ1) is 29.4. The van der Waals surface area contributed by atoms with E-state index in [-0.39, 0.29) is 68.7 Å². The number of cyclic esters (lactones) is 1. The summed E-state index contributed by atoms with van der Waals surface area (Å²) in [6.45, 7) is 17.2. The molecular weight excluding hydrogens is 799 g/mol. The highest BCUT2D eigenvalue weighted by Crippen LogP contribution is 2.39. The third kappa shape index (κ3) is 12.9. The van der Waals surface area contributed by atoms with Crippen LogP contribution in [-0.2, 0) is 52.4 Å². The van der Waals surface area contributed by atoms with Crippen LogP contribution in [0.1, 0.15) is 119 Å². The Morgan fingerprint density at radius 2 is 1.68 bits per heavy atom. The maximum atomic E-state index is 14.4. The topological polar surface area (TPSA) is 184 Å². The van der Waals surface area contributed by atoms with Gasteiger partial charge in [-0.25, -0.2) is 9.59 Å². The Bertz CT molecular complexity index is 1630. The van der Waals surface area contributed by atoms with E-state index < -0.39 is 83.7 Å². The van der Waals surface area contributed by atoms with Gasteiger partial charge in [0.2, 0.25) is 5.79 Å². The van der Waals surface area contributed by atoms with Gasteiger partial charge in [0.1, 0.15) is 30.6 Å². The van der Waals surface area contributed by atoms with E-state index >= 15 is 0 Å². The molecule has 2 N–H and O–H groups in total. The van der Waals surface area contributed by atoms with Crippen LogP contribution in [0.3, 0.4) is 0 Å². The molecule has 3 aliphatic heterocycles. The number of allylic oxidation sites excluding steroid dienone is 4. The van der Waals surface area contributed by atoms with Gasteiger partial charge in [-0.1, -0.05) is 51.5 Å². The number of Topliss-reactive ketones (excluding diaryl/α,β-unsaturated/α-hetero) is 2. The van der Waals surface area contributed by atoms with Crippen LogP contribution < -0.4 is 0 Å². The van der Waals surface area contributed by atoms with Gasteiger partial charge in [-0.2, -0.15) is 0 Å². The molecule has 0 spiro atoms. The van der Waals surface area contributed by atoms with Crippen LogP contribution in [0.2, 0.25) is 0 Å². The van der Waals surface area contributed by atoms with Gasteiger partial charge in [0.25, 0.3) is 11.7 Å². The van der Waals surface area contributed by atoms with Crippen molar-refractivity contribution in [1.82, 2.24) is 4.90 Å². The van der Waals surface area contributed by atoms with Crippen molar-refractivity contribution in [2.24, 2.45) is 35.5 Å². The third-order valence-electron chi connectivity index (χ3n) is 13.6. The minimum absolute atomic E-state index is 0.00392. The summed E-state index contributed by atoms with van der Waals surface area (Å²) >= 11 is 0. The Morgan fingerprint density at radius 3 is 2.32 bits per heavy atom. The lowest BCUT2D eigenvalue weighted by atomic mass is 9.78. The Hall–Kier alpha value is -3.27. The second-order valence-corrected chi connectivity index (χ2v) is 18.6. The number of methoxy groups -OCH3 is 2. The fourth-order valence-electron chi connectivity index (χ4n) is 10.1. The lowest BCUT2D eigenvalue weighted by molar-refractivity contribution is -0.302. The van der Waals surface area contributed by atoms with Crippen LogP contribution in [-0.4, -0.2) is 127 Å². The van der Waals surface area contributed by atoms with Gasteiger partial charge in [-0.05, 0) is 108 Å². The molecule has 1 saturated carbocycles. The maximum absolute atomic E-state index is 14.4. The van der Waals surface area contributed by atoms with E-state index in [1.165, 1.54) is 19.1 Å².